The monoisotopic (exact) mass is 475 g/mol. The van der Waals surface area contributed by atoms with Crippen molar-refractivity contribution in [2.75, 3.05) is 12.8 Å². The molecule has 174 valence electrons. The molecule has 0 amide bonds. The first-order valence-electron chi connectivity index (χ1n) is 10.5. The fraction of sp³-hybridized carbons (Fsp3) is 0.478. The molecule has 32 heavy (non-hydrogen) atoms. The average molecular weight is 476 g/mol. The maximum Gasteiger partial charge on any atom is 0.192 e. The maximum atomic E-state index is 12.1. The van der Waals surface area contributed by atoms with Crippen molar-refractivity contribution in [3.8, 4) is 5.75 Å². The predicted octanol–water partition coefficient (Wildman–Crippen LogP) is 6.18. The van der Waals surface area contributed by atoms with Gasteiger partial charge in [-0.25, -0.2) is 8.42 Å². The van der Waals surface area contributed by atoms with E-state index in [2.05, 4.69) is 43.9 Å². The molecule has 0 aliphatic heterocycles. The molecule has 0 aromatic heterocycles. The minimum absolute atomic E-state index is 0.0318. The molecular formula is C23H33N3O4SSi. The lowest BCUT2D eigenvalue weighted by Gasteiger charge is -2.39. The van der Waals surface area contributed by atoms with Crippen LogP contribution in [0, 0.1) is 0 Å². The molecule has 0 saturated heterocycles. The topological polar surface area (TPSA) is 101 Å². The first-order valence-corrected chi connectivity index (χ1v) is 15.5. The summed E-state index contributed by atoms with van der Waals surface area (Å²) < 4.78 is 36.7. The molecule has 7 nitrogen and oxygen atoms in total. The first-order chi connectivity index (χ1) is 14.8. The smallest absolute Gasteiger partial charge is 0.192 e. The Balaban J connectivity index is 2.41. The fourth-order valence-electron chi connectivity index (χ4n) is 2.92. The van der Waals surface area contributed by atoms with Crippen LogP contribution in [0.3, 0.4) is 0 Å². The number of ether oxygens (including phenoxy) is 1. The highest BCUT2D eigenvalue weighted by Gasteiger charge is 2.39. The molecule has 0 heterocycles. The molecule has 0 N–H and O–H groups in total. The molecule has 0 aliphatic carbocycles. The number of hydrogen-bond donors (Lipinski definition) is 0. The minimum atomic E-state index is -3.29. The molecule has 2 rings (SSSR count). The second-order valence-corrected chi connectivity index (χ2v) is 16.4. The Morgan fingerprint density at radius 3 is 2.34 bits per heavy atom. The standard InChI is InChI=1S/C23H33N3O4SSi/c1-23(2,3)32(5,6)30-22(15-25-26-24)19-12-13-21(20(14-19)17-31(4,27)28)29-16-18-10-8-7-9-11-18/h7-14,22H,15-17H2,1-6H3/t22-/m0/s1. The molecule has 0 fully saturated rings. The number of nitrogens with zero attached hydrogens (tertiary/aromatic N) is 3. The van der Waals surface area contributed by atoms with Gasteiger partial charge in [-0.15, -0.1) is 0 Å². The van der Waals surface area contributed by atoms with Crippen LogP contribution in [-0.2, 0) is 26.6 Å². The lowest BCUT2D eigenvalue weighted by atomic mass is 10.1. The summed E-state index contributed by atoms with van der Waals surface area (Å²) in [7, 11) is -5.47. The minimum Gasteiger partial charge on any atom is -0.489 e. The third-order valence-corrected chi connectivity index (χ3v) is 11.0. The van der Waals surface area contributed by atoms with Gasteiger partial charge in [0.15, 0.2) is 18.2 Å². The van der Waals surface area contributed by atoms with E-state index in [1.807, 2.05) is 36.4 Å². The van der Waals surface area contributed by atoms with Crippen molar-refractivity contribution in [3.63, 3.8) is 0 Å². The summed E-state index contributed by atoms with van der Waals surface area (Å²) in [5.41, 5.74) is 11.2. The van der Waals surface area contributed by atoms with Crippen molar-refractivity contribution in [1.82, 2.24) is 0 Å². The van der Waals surface area contributed by atoms with E-state index in [4.69, 9.17) is 14.7 Å². The number of rotatable bonds is 10. The van der Waals surface area contributed by atoms with E-state index < -0.39 is 24.3 Å². The molecule has 2 aromatic carbocycles. The van der Waals surface area contributed by atoms with Gasteiger partial charge >= 0.3 is 0 Å². The zero-order valence-electron chi connectivity index (χ0n) is 19.7. The van der Waals surface area contributed by atoms with E-state index in [0.29, 0.717) is 17.9 Å². The molecule has 1 atom stereocenters. The lowest BCUT2D eigenvalue weighted by Crippen LogP contribution is -2.42. The fourth-order valence-corrected chi connectivity index (χ4v) is 4.99. The normalized spacial score (nSPS) is 13.3. The van der Waals surface area contributed by atoms with Crippen LogP contribution in [-0.4, -0.2) is 29.5 Å². The third kappa shape index (κ3) is 7.67. The largest absolute Gasteiger partial charge is 0.489 e. The van der Waals surface area contributed by atoms with Crippen LogP contribution in [0.5, 0.6) is 5.75 Å². The van der Waals surface area contributed by atoms with Gasteiger partial charge in [-0.1, -0.05) is 62.3 Å². The summed E-state index contributed by atoms with van der Waals surface area (Å²) in [6.45, 7) is 11.1. The predicted molar refractivity (Wildman–Crippen MR) is 131 cm³/mol. The van der Waals surface area contributed by atoms with Crippen molar-refractivity contribution in [1.29, 1.82) is 0 Å². The van der Waals surface area contributed by atoms with Gasteiger partial charge in [0, 0.05) is 16.7 Å². The average Bonchev–Trinajstić information content (AvgIpc) is 2.69. The highest BCUT2D eigenvalue weighted by atomic mass is 32.2. The van der Waals surface area contributed by atoms with Gasteiger partial charge in [-0.2, -0.15) is 0 Å². The zero-order chi connectivity index (χ0) is 24.0. The van der Waals surface area contributed by atoms with Crippen molar-refractivity contribution < 1.29 is 17.6 Å². The van der Waals surface area contributed by atoms with Gasteiger partial charge in [0.1, 0.15) is 12.4 Å². The number of hydrogen-bond acceptors (Lipinski definition) is 5. The molecule has 0 radical (unpaired) electrons. The highest BCUT2D eigenvalue weighted by molar-refractivity contribution is 7.89. The number of azide groups is 1. The summed E-state index contributed by atoms with van der Waals surface area (Å²) >= 11 is 0. The van der Waals surface area contributed by atoms with Crippen LogP contribution in [0.4, 0.5) is 0 Å². The van der Waals surface area contributed by atoms with Crippen molar-refractivity contribution in [2.45, 2.75) is 57.4 Å². The molecule has 0 bridgehead atoms. The van der Waals surface area contributed by atoms with Gasteiger partial charge in [-0.05, 0) is 46.9 Å². The van der Waals surface area contributed by atoms with E-state index in [1.54, 1.807) is 12.1 Å². The van der Waals surface area contributed by atoms with Crippen molar-refractivity contribution in [3.05, 3.63) is 75.7 Å². The summed E-state index contributed by atoms with van der Waals surface area (Å²) in [6.07, 6.45) is 0.734. The second-order valence-electron chi connectivity index (χ2n) is 9.49. The second kappa shape index (κ2) is 10.5. The molecule has 0 saturated carbocycles. The molecule has 0 unspecified atom stereocenters. The number of benzene rings is 2. The Labute approximate surface area is 192 Å². The van der Waals surface area contributed by atoms with E-state index >= 15 is 0 Å². The summed E-state index contributed by atoms with van der Waals surface area (Å²) in [4.78, 5) is 2.90. The Hall–Kier alpha value is -2.32. The van der Waals surface area contributed by atoms with Crippen molar-refractivity contribution >= 4 is 18.2 Å². The van der Waals surface area contributed by atoms with E-state index in [0.717, 1.165) is 11.1 Å². The quantitative estimate of drug-likeness (QED) is 0.177. The van der Waals surface area contributed by atoms with Gasteiger partial charge < -0.3 is 9.16 Å². The highest BCUT2D eigenvalue weighted by Crippen LogP contribution is 2.40. The van der Waals surface area contributed by atoms with Crippen LogP contribution in [0.15, 0.2) is 53.6 Å². The SMILES string of the molecule is CC(C)(C)[Si](C)(C)O[C@@H](CN=[N+]=[N-])c1ccc(OCc2ccccc2)c(CS(C)(=O)=O)c1. The Morgan fingerprint density at radius 2 is 1.78 bits per heavy atom. The Kier molecular flexibility index (Phi) is 8.53. The zero-order valence-corrected chi connectivity index (χ0v) is 21.5. The van der Waals surface area contributed by atoms with Gasteiger partial charge in [-0.3, -0.25) is 0 Å². The van der Waals surface area contributed by atoms with E-state index in [-0.39, 0.29) is 17.3 Å². The van der Waals surface area contributed by atoms with Crippen LogP contribution in [0.25, 0.3) is 10.4 Å². The molecule has 0 aliphatic rings. The van der Waals surface area contributed by atoms with Crippen LogP contribution < -0.4 is 4.74 Å². The molecule has 2 aromatic rings. The van der Waals surface area contributed by atoms with Crippen molar-refractivity contribution in [2.24, 2.45) is 5.11 Å². The van der Waals surface area contributed by atoms with E-state index in [9.17, 15) is 8.42 Å². The van der Waals surface area contributed by atoms with E-state index in [1.165, 1.54) is 6.26 Å². The first kappa shape index (κ1) is 25.9. The summed E-state index contributed by atoms with van der Waals surface area (Å²) in [6, 6.07) is 15.1. The van der Waals surface area contributed by atoms with Crippen LogP contribution in [0.2, 0.25) is 18.1 Å². The third-order valence-electron chi connectivity index (χ3n) is 5.66. The van der Waals surface area contributed by atoms with Gasteiger partial charge in [0.25, 0.3) is 0 Å². The molecular weight excluding hydrogens is 442 g/mol. The van der Waals surface area contributed by atoms with Crippen LogP contribution >= 0.6 is 0 Å². The van der Waals surface area contributed by atoms with Crippen LogP contribution in [0.1, 0.15) is 43.6 Å². The summed E-state index contributed by atoms with van der Waals surface area (Å²) in [5.74, 6) is 0.358. The van der Waals surface area contributed by atoms with Gasteiger partial charge in [0.05, 0.1) is 18.4 Å². The Morgan fingerprint density at radius 1 is 1.12 bits per heavy atom. The number of sulfone groups is 1. The Bertz CT molecular complexity index is 1060. The van der Waals surface area contributed by atoms with Gasteiger partial charge in [0.2, 0.25) is 0 Å². The molecule has 9 heteroatoms. The maximum absolute atomic E-state index is 12.1. The lowest BCUT2D eigenvalue weighted by molar-refractivity contribution is 0.191. The molecule has 0 spiro atoms. The summed E-state index contributed by atoms with van der Waals surface area (Å²) in [5, 5.41) is 3.71.